The van der Waals surface area contributed by atoms with E-state index in [2.05, 4.69) is 15.3 Å². The summed E-state index contributed by atoms with van der Waals surface area (Å²) in [5, 5.41) is 3.25. The molecule has 2 aromatic rings. The van der Waals surface area contributed by atoms with Crippen LogP contribution in [-0.2, 0) is 6.54 Å². The molecule has 0 aliphatic heterocycles. The Kier molecular flexibility index (Phi) is 3.96. The number of aromatic nitrogens is 2. The van der Waals surface area contributed by atoms with Crippen molar-refractivity contribution < 1.29 is 9.47 Å². The largest absolute Gasteiger partial charge is 0.497 e. The lowest BCUT2D eigenvalue weighted by molar-refractivity contribution is 0.394. The maximum atomic E-state index is 5.20. The fourth-order valence-electron chi connectivity index (χ4n) is 1.52. The van der Waals surface area contributed by atoms with Crippen molar-refractivity contribution in [2.24, 2.45) is 0 Å². The lowest BCUT2D eigenvalue weighted by Crippen LogP contribution is -2.02. The molecule has 0 bridgehead atoms. The highest BCUT2D eigenvalue weighted by Crippen LogP contribution is 2.25. The molecule has 5 nitrogen and oxygen atoms in total. The first-order chi connectivity index (χ1) is 8.81. The van der Waals surface area contributed by atoms with Crippen LogP contribution in [0.2, 0.25) is 0 Å². The SMILES string of the molecule is COc1cc(NCc2cnccn2)cc(OC)c1. The van der Waals surface area contributed by atoms with Gasteiger partial charge in [-0.15, -0.1) is 0 Å². The molecular formula is C13H15N3O2. The van der Waals surface area contributed by atoms with Crippen molar-refractivity contribution in [3.63, 3.8) is 0 Å². The molecular weight excluding hydrogens is 230 g/mol. The Balaban J connectivity index is 2.09. The third kappa shape index (κ3) is 3.10. The van der Waals surface area contributed by atoms with E-state index in [1.54, 1.807) is 32.8 Å². The van der Waals surface area contributed by atoms with Crippen molar-refractivity contribution >= 4 is 5.69 Å². The standard InChI is InChI=1S/C13H15N3O2/c1-17-12-5-10(6-13(7-12)18-2)16-9-11-8-14-3-4-15-11/h3-8,16H,9H2,1-2H3. The van der Waals surface area contributed by atoms with Crippen LogP contribution >= 0.6 is 0 Å². The van der Waals surface area contributed by atoms with Crippen LogP contribution in [0.5, 0.6) is 11.5 Å². The van der Waals surface area contributed by atoms with Crippen molar-refractivity contribution in [2.75, 3.05) is 19.5 Å². The van der Waals surface area contributed by atoms with Gasteiger partial charge in [0, 0.05) is 36.3 Å². The summed E-state index contributed by atoms with van der Waals surface area (Å²) in [5.41, 5.74) is 1.79. The molecule has 0 unspecified atom stereocenters. The molecule has 1 aromatic carbocycles. The summed E-state index contributed by atoms with van der Waals surface area (Å²) < 4.78 is 10.4. The molecule has 1 N–H and O–H groups in total. The molecule has 2 rings (SSSR count). The van der Waals surface area contributed by atoms with Crippen LogP contribution in [0.25, 0.3) is 0 Å². The Morgan fingerprint density at radius 2 is 1.78 bits per heavy atom. The number of nitrogens with one attached hydrogen (secondary N) is 1. The van der Waals surface area contributed by atoms with Gasteiger partial charge in [-0.25, -0.2) is 0 Å². The lowest BCUT2D eigenvalue weighted by atomic mass is 10.2. The van der Waals surface area contributed by atoms with Gasteiger partial charge in [0.1, 0.15) is 11.5 Å². The number of nitrogens with zero attached hydrogens (tertiary/aromatic N) is 2. The van der Waals surface area contributed by atoms with Gasteiger partial charge in [-0.05, 0) is 0 Å². The zero-order chi connectivity index (χ0) is 12.8. The minimum Gasteiger partial charge on any atom is -0.497 e. The van der Waals surface area contributed by atoms with E-state index in [1.807, 2.05) is 18.2 Å². The van der Waals surface area contributed by atoms with Gasteiger partial charge in [-0.1, -0.05) is 0 Å². The highest BCUT2D eigenvalue weighted by Gasteiger charge is 2.02. The average molecular weight is 245 g/mol. The van der Waals surface area contributed by atoms with Crippen molar-refractivity contribution in [2.45, 2.75) is 6.54 Å². The van der Waals surface area contributed by atoms with Gasteiger partial charge in [-0.3, -0.25) is 9.97 Å². The van der Waals surface area contributed by atoms with E-state index in [9.17, 15) is 0 Å². The van der Waals surface area contributed by atoms with Crippen LogP contribution < -0.4 is 14.8 Å². The Hall–Kier alpha value is -2.30. The van der Waals surface area contributed by atoms with E-state index in [1.165, 1.54) is 0 Å². The molecule has 94 valence electrons. The number of methoxy groups -OCH3 is 2. The molecule has 1 aromatic heterocycles. The number of benzene rings is 1. The van der Waals surface area contributed by atoms with Gasteiger partial charge in [0.05, 0.1) is 32.7 Å². The van der Waals surface area contributed by atoms with Crippen LogP contribution in [0.4, 0.5) is 5.69 Å². The monoisotopic (exact) mass is 245 g/mol. The average Bonchev–Trinajstić information content (AvgIpc) is 2.45. The topological polar surface area (TPSA) is 56.3 Å². The minimum atomic E-state index is 0.601. The van der Waals surface area contributed by atoms with Gasteiger partial charge >= 0.3 is 0 Å². The molecule has 0 saturated heterocycles. The highest BCUT2D eigenvalue weighted by atomic mass is 16.5. The third-order valence-electron chi connectivity index (χ3n) is 2.44. The van der Waals surface area contributed by atoms with Gasteiger partial charge in [0.2, 0.25) is 0 Å². The summed E-state index contributed by atoms with van der Waals surface area (Å²) in [5.74, 6) is 1.49. The molecule has 18 heavy (non-hydrogen) atoms. The molecule has 0 aliphatic rings. The van der Waals surface area contributed by atoms with E-state index >= 15 is 0 Å². The first-order valence-electron chi connectivity index (χ1n) is 5.53. The van der Waals surface area contributed by atoms with Crippen molar-refractivity contribution in [1.82, 2.24) is 9.97 Å². The second kappa shape index (κ2) is 5.86. The summed E-state index contributed by atoms with van der Waals surface area (Å²) in [4.78, 5) is 8.20. The smallest absolute Gasteiger partial charge is 0.124 e. The van der Waals surface area contributed by atoms with Gasteiger partial charge in [0.25, 0.3) is 0 Å². The fraction of sp³-hybridized carbons (Fsp3) is 0.231. The van der Waals surface area contributed by atoms with Crippen LogP contribution in [0.15, 0.2) is 36.8 Å². The molecule has 5 heteroatoms. The zero-order valence-electron chi connectivity index (χ0n) is 10.4. The van der Waals surface area contributed by atoms with E-state index in [0.717, 1.165) is 22.9 Å². The van der Waals surface area contributed by atoms with E-state index in [-0.39, 0.29) is 0 Å². The Bertz CT molecular complexity index is 481. The molecule has 0 radical (unpaired) electrons. The number of hydrogen-bond acceptors (Lipinski definition) is 5. The number of anilines is 1. The van der Waals surface area contributed by atoms with Gasteiger partial charge in [0.15, 0.2) is 0 Å². The molecule has 1 heterocycles. The molecule has 0 spiro atoms. The zero-order valence-corrected chi connectivity index (χ0v) is 10.4. The van der Waals surface area contributed by atoms with E-state index < -0.39 is 0 Å². The Morgan fingerprint density at radius 3 is 2.33 bits per heavy atom. The van der Waals surface area contributed by atoms with Crippen LogP contribution in [-0.4, -0.2) is 24.2 Å². The quantitative estimate of drug-likeness (QED) is 0.874. The number of rotatable bonds is 5. The predicted molar refractivity (Wildman–Crippen MR) is 68.9 cm³/mol. The molecule has 0 aliphatic carbocycles. The molecule has 0 amide bonds. The van der Waals surface area contributed by atoms with Crippen LogP contribution in [0.3, 0.4) is 0 Å². The molecule has 0 saturated carbocycles. The lowest BCUT2D eigenvalue weighted by Gasteiger charge is -2.10. The third-order valence-corrected chi connectivity index (χ3v) is 2.44. The van der Waals surface area contributed by atoms with Crippen molar-refractivity contribution in [3.05, 3.63) is 42.5 Å². The van der Waals surface area contributed by atoms with Crippen LogP contribution in [0.1, 0.15) is 5.69 Å². The second-order valence-corrected chi connectivity index (χ2v) is 3.65. The van der Waals surface area contributed by atoms with Gasteiger partial charge < -0.3 is 14.8 Å². The van der Waals surface area contributed by atoms with Gasteiger partial charge in [-0.2, -0.15) is 0 Å². The Labute approximate surface area is 106 Å². The molecule has 0 atom stereocenters. The summed E-state index contributed by atoms with van der Waals surface area (Å²) in [6.45, 7) is 0.601. The summed E-state index contributed by atoms with van der Waals surface area (Å²) in [7, 11) is 3.25. The highest BCUT2D eigenvalue weighted by molar-refractivity contribution is 5.53. The normalized spacial score (nSPS) is 9.89. The maximum absolute atomic E-state index is 5.20. The van der Waals surface area contributed by atoms with Crippen LogP contribution in [0, 0.1) is 0 Å². The van der Waals surface area contributed by atoms with E-state index in [4.69, 9.17) is 9.47 Å². The summed E-state index contributed by atoms with van der Waals surface area (Å²) in [6, 6.07) is 5.63. The first kappa shape index (κ1) is 12.2. The number of hydrogen-bond donors (Lipinski definition) is 1. The number of ether oxygens (including phenoxy) is 2. The second-order valence-electron chi connectivity index (χ2n) is 3.65. The van der Waals surface area contributed by atoms with Crippen molar-refractivity contribution in [3.8, 4) is 11.5 Å². The van der Waals surface area contributed by atoms with E-state index in [0.29, 0.717) is 6.54 Å². The molecule has 0 fully saturated rings. The van der Waals surface area contributed by atoms with Crippen molar-refractivity contribution in [1.29, 1.82) is 0 Å². The fourth-order valence-corrected chi connectivity index (χ4v) is 1.52. The maximum Gasteiger partial charge on any atom is 0.124 e. The summed E-state index contributed by atoms with van der Waals surface area (Å²) in [6.07, 6.45) is 5.05. The predicted octanol–water partition coefficient (Wildman–Crippen LogP) is 2.11. The first-order valence-corrected chi connectivity index (χ1v) is 5.53. The summed E-state index contributed by atoms with van der Waals surface area (Å²) >= 11 is 0. The minimum absolute atomic E-state index is 0.601. The Morgan fingerprint density at radius 1 is 1.06 bits per heavy atom.